The van der Waals surface area contributed by atoms with E-state index in [0.29, 0.717) is 0 Å². The topological polar surface area (TPSA) is 72.2 Å². The van der Waals surface area contributed by atoms with Crippen LogP contribution >= 0.6 is 15.9 Å². The Morgan fingerprint density at radius 1 is 1.32 bits per heavy atom. The predicted molar refractivity (Wildman–Crippen MR) is 65.3 cm³/mol. The smallest absolute Gasteiger partial charge is 0.370 e. The summed E-state index contributed by atoms with van der Waals surface area (Å²) in [7, 11) is 0. The van der Waals surface area contributed by atoms with Gasteiger partial charge in [0.1, 0.15) is 0 Å². The van der Waals surface area contributed by atoms with Crippen molar-refractivity contribution in [1.29, 1.82) is 0 Å². The second-order valence-corrected chi connectivity index (χ2v) is 4.58. The highest BCUT2D eigenvalue weighted by atomic mass is 79.9. The molecule has 0 spiro atoms. The van der Waals surface area contributed by atoms with Crippen molar-refractivity contribution in [2.45, 2.75) is 12.6 Å². The molecule has 0 unspecified atom stereocenters. The Kier molecular flexibility index (Phi) is 4.93. The van der Waals surface area contributed by atoms with Crippen LogP contribution in [0.4, 0.5) is 13.2 Å². The number of hydrogen-bond acceptors (Lipinski definition) is 2. The summed E-state index contributed by atoms with van der Waals surface area (Å²) in [6, 6.07) is 3.22. The van der Waals surface area contributed by atoms with Gasteiger partial charge < -0.3 is 11.1 Å². The molecule has 0 radical (unpaired) electrons. The van der Waals surface area contributed by atoms with Gasteiger partial charge in [-0.3, -0.25) is 9.59 Å². The molecule has 0 saturated heterocycles. The first-order chi connectivity index (χ1) is 8.71. The summed E-state index contributed by atoms with van der Waals surface area (Å²) in [4.78, 5) is 22.1. The van der Waals surface area contributed by atoms with Crippen molar-refractivity contribution in [3.05, 3.63) is 33.8 Å². The number of rotatable bonds is 4. The van der Waals surface area contributed by atoms with E-state index in [-0.39, 0.29) is 17.4 Å². The Morgan fingerprint density at radius 2 is 1.95 bits per heavy atom. The second kappa shape index (κ2) is 6.05. The average molecular weight is 339 g/mol. The van der Waals surface area contributed by atoms with Crippen molar-refractivity contribution < 1.29 is 22.8 Å². The number of benzene rings is 1. The first-order valence-electron chi connectivity index (χ1n) is 5.15. The van der Waals surface area contributed by atoms with Gasteiger partial charge in [0, 0.05) is 17.4 Å². The fourth-order valence-corrected chi connectivity index (χ4v) is 1.70. The molecular weight excluding hydrogens is 329 g/mol. The summed E-state index contributed by atoms with van der Waals surface area (Å²) in [5.41, 5.74) is 3.32. The number of nitrogens with one attached hydrogen (secondary N) is 1. The average Bonchev–Trinajstić information content (AvgIpc) is 2.27. The van der Waals surface area contributed by atoms with Crippen LogP contribution in [0, 0.1) is 0 Å². The van der Waals surface area contributed by atoms with E-state index < -0.39 is 29.1 Å². The van der Waals surface area contributed by atoms with Crippen LogP contribution in [-0.2, 0) is 11.0 Å². The van der Waals surface area contributed by atoms with E-state index in [1.165, 1.54) is 6.07 Å². The van der Waals surface area contributed by atoms with Crippen molar-refractivity contribution in [1.82, 2.24) is 5.32 Å². The molecule has 8 heteroatoms. The summed E-state index contributed by atoms with van der Waals surface area (Å²) in [6.07, 6.45) is -4.77. The zero-order valence-corrected chi connectivity index (χ0v) is 11.1. The molecule has 0 aromatic heterocycles. The maximum absolute atomic E-state index is 12.8. The number of nitrogens with two attached hydrogens (primary N) is 1. The minimum atomic E-state index is -4.64. The largest absolute Gasteiger partial charge is 0.417 e. The highest BCUT2D eigenvalue weighted by Gasteiger charge is 2.35. The second-order valence-electron chi connectivity index (χ2n) is 3.66. The van der Waals surface area contributed by atoms with Crippen molar-refractivity contribution in [2.75, 3.05) is 6.54 Å². The van der Waals surface area contributed by atoms with E-state index in [0.717, 1.165) is 12.1 Å². The SMILES string of the molecule is NC(=O)CCNC(=O)c1ccc(Br)cc1C(F)(F)F. The monoisotopic (exact) mass is 338 g/mol. The summed E-state index contributed by atoms with van der Waals surface area (Å²) >= 11 is 2.92. The first-order valence-corrected chi connectivity index (χ1v) is 5.94. The van der Waals surface area contributed by atoms with E-state index in [9.17, 15) is 22.8 Å². The molecule has 1 aromatic carbocycles. The quantitative estimate of drug-likeness (QED) is 0.882. The third kappa shape index (κ3) is 4.55. The van der Waals surface area contributed by atoms with Gasteiger partial charge in [0.15, 0.2) is 0 Å². The molecule has 0 aliphatic rings. The number of halogens is 4. The Morgan fingerprint density at radius 3 is 2.47 bits per heavy atom. The van der Waals surface area contributed by atoms with Gasteiger partial charge in [-0.1, -0.05) is 15.9 Å². The standard InChI is InChI=1S/C11H10BrF3N2O2/c12-6-1-2-7(8(5-6)11(13,14)15)10(19)17-4-3-9(16)18/h1-2,5H,3-4H2,(H2,16,18)(H,17,19). The normalized spacial score (nSPS) is 11.2. The number of amides is 2. The van der Waals surface area contributed by atoms with Crippen LogP contribution in [0.2, 0.25) is 0 Å². The van der Waals surface area contributed by atoms with Crippen LogP contribution in [0.3, 0.4) is 0 Å². The number of carbonyl (C=O) groups is 2. The number of carbonyl (C=O) groups excluding carboxylic acids is 2. The van der Waals surface area contributed by atoms with E-state index in [1.807, 2.05) is 0 Å². The van der Waals surface area contributed by atoms with Gasteiger partial charge in [-0.25, -0.2) is 0 Å². The van der Waals surface area contributed by atoms with Gasteiger partial charge in [-0.15, -0.1) is 0 Å². The Balaban J connectivity index is 2.93. The van der Waals surface area contributed by atoms with E-state index in [4.69, 9.17) is 5.73 Å². The van der Waals surface area contributed by atoms with Gasteiger partial charge in [-0.2, -0.15) is 13.2 Å². The summed E-state index contributed by atoms with van der Waals surface area (Å²) in [5, 5.41) is 2.21. The lowest BCUT2D eigenvalue weighted by Gasteiger charge is -2.13. The zero-order valence-electron chi connectivity index (χ0n) is 9.55. The van der Waals surface area contributed by atoms with Gasteiger partial charge in [0.05, 0.1) is 11.1 Å². The van der Waals surface area contributed by atoms with Crippen LogP contribution < -0.4 is 11.1 Å². The molecular formula is C11H10BrF3N2O2. The maximum Gasteiger partial charge on any atom is 0.417 e. The molecule has 2 amide bonds. The summed E-state index contributed by atoms with van der Waals surface area (Å²) < 4.78 is 38.5. The minimum Gasteiger partial charge on any atom is -0.370 e. The Bertz CT molecular complexity index is 503. The fourth-order valence-electron chi connectivity index (χ4n) is 1.34. The lowest BCUT2D eigenvalue weighted by molar-refractivity contribution is -0.138. The molecule has 19 heavy (non-hydrogen) atoms. The van der Waals surface area contributed by atoms with E-state index >= 15 is 0 Å². The minimum absolute atomic E-state index is 0.110. The highest BCUT2D eigenvalue weighted by Crippen LogP contribution is 2.33. The first kappa shape index (κ1) is 15.5. The maximum atomic E-state index is 12.8. The summed E-state index contributed by atoms with van der Waals surface area (Å²) in [6.45, 7) is -0.110. The molecule has 0 heterocycles. The predicted octanol–water partition coefficient (Wildman–Crippen LogP) is 2.07. The molecule has 3 N–H and O–H groups in total. The molecule has 0 fully saturated rings. The van der Waals surface area contributed by atoms with E-state index in [1.54, 1.807) is 0 Å². The van der Waals surface area contributed by atoms with Crippen molar-refractivity contribution in [3.63, 3.8) is 0 Å². The lowest BCUT2D eigenvalue weighted by atomic mass is 10.1. The van der Waals surface area contributed by atoms with E-state index in [2.05, 4.69) is 21.2 Å². The highest BCUT2D eigenvalue weighted by molar-refractivity contribution is 9.10. The molecule has 0 bridgehead atoms. The van der Waals surface area contributed by atoms with Crippen molar-refractivity contribution in [3.8, 4) is 0 Å². The Hall–Kier alpha value is -1.57. The van der Waals surface area contributed by atoms with Gasteiger partial charge in [0.25, 0.3) is 5.91 Å². The Labute approximate surface area is 115 Å². The number of alkyl halides is 3. The van der Waals surface area contributed by atoms with Crippen LogP contribution in [0.25, 0.3) is 0 Å². The van der Waals surface area contributed by atoms with Crippen LogP contribution in [0.1, 0.15) is 22.3 Å². The van der Waals surface area contributed by atoms with Crippen LogP contribution in [-0.4, -0.2) is 18.4 Å². The van der Waals surface area contributed by atoms with Crippen LogP contribution in [0.15, 0.2) is 22.7 Å². The van der Waals surface area contributed by atoms with Gasteiger partial charge in [0.2, 0.25) is 5.91 Å². The zero-order chi connectivity index (χ0) is 14.6. The van der Waals surface area contributed by atoms with Gasteiger partial charge in [-0.05, 0) is 18.2 Å². The number of primary amides is 1. The molecule has 0 aliphatic heterocycles. The fraction of sp³-hybridized carbons (Fsp3) is 0.273. The van der Waals surface area contributed by atoms with Gasteiger partial charge >= 0.3 is 6.18 Å². The third-order valence-corrected chi connectivity index (χ3v) is 2.68. The molecule has 4 nitrogen and oxygen atoms in total. The lowest BCUT2D eigenvalue weighted by Crippen LogP contribution is -2.29. The molecule has 0 atom stereocenters. The molecule has 104 valence electrons. The molecule has 0 saturated carbocycles. The van der Waals surface area contributed by atoms with Crippen molar-refractivity contribution in [2.24, 2.45) is 5.73 Å². The third-order valence-electron chi connectivity index (χ3n) is 2.19. The molecule has 0 aliphatic carbocycles. The van der Waals surface area contributed by atoms with Crippen molar-refractivity contribution >= 4 is 27.7 Å². The number of hydrogen-bond donors (Lipinski definition) is 2. The van der Waals surface area contributed by atoms with Crippen LogP contribution in [0.5, 0.6) is 0 Å². The molecule has 1 aromatic rings. The summed E-state index contributed by atoms with van der Waals surface area (Å²) in [5.74, 6) is -1.55. The molecule has 1 rings (SSSR count).